The van der Waals surface area contributed by atoms with E-state index in [1.54, 1.807) is 0 Å². The number of halogens is 2. The van der Waals surface area contributed by atoms with Crippen LogP contribution in [0.2, 0.25) is 5.02 Å². The highest BCUT2D eigenvalue weighted by molar-refractivity contribution is 6.31. The van der Waals surface area contributed by atoms with Crippen molar-refractivity contribution in [2.45, 2.75) is 6.54 Å². The Morgan fingerprint density at radius 1 is 1.54 bits per heavy atom. The van der Waals surface area contributed by atoms with Crippen molar-refractivity contribution in [3.05, 3.63) is 34.1 Å². The SMILES string of the molecule is N=C(N)c1cc(Cl)c(F)c(CN)c1. The topological polar surface area (TPSA) is 75.9 Å². The summed E-state index contributed by atoms with van der Waals surface area (Å²) in [4.78, 5) is 0. The van der Waals surface area contributed by atoms with E-state index in [4.69, 9.17) is 28.5 Å². The van der Waals surface area contributed by atoms with E-state index >= 15 is 0 Å². The van der Waals surface area contributed by atoms with Crippen LogP contribution in [0.3, 0.4) is 0 Å². The van der Waals surface area contributed by atoms with Crippen LogP contribution in [0.15, 0.2) is 12.1 Å². The van der Waals surface area contributed by atoms with Crippen LogP contribution in [0.4, 0.5) is 4.39 Å². The van der Waals surface area contributed by atoms with Crippen molar-refractivity contribution in [2.24, 2.45) is 11.5 Å². The van der Waals surface area contributed by atoms with Crippen LogP contribution >= 0.6 is 11.6 Å². The summed E-state index contributed by atoms with van der Waals surface area (Å²) in [6, 6.07) is 2.72. The summed E-state index contributed by atoms with van der Waals surface area (Å²) in [5, 5.41) is 7.07. The molecular weight excluding hydrogens is 193 g/mol. The zero-order valence-corrected chi connectivity index (χ0v) is 7.53. The van der Waals surface area contributed by atoms with Crippen LogP contribution in [0.1, 0.15) is 11.1 Å². The van der Waals surface area contributed by atoms with Gasteiger partial charge in [0.1, 0.15) is 11.7 Å². The highest BCUT2D eigenvalue weighted by Gasteiger charge is 2.09. The van der Waals surface area contributed by atoms with Gasteiger partial charge in [-0.15, -0.1) is 0 Å². The summed E-state index contributed by atoms with van der Waals surface area (Å²) < 4.78 is 13.1. The Kier molecular flexibility index (Phi) is 2.85. The van der Waals surface area contributed by atoms with E-state index in [2.05, 4.69) is 0 Å². The fraction of sp³-hybridized carbons (Fsp3) is 0.125. The maximum absolute atomic E-state index is 13.1. The molecule has 0 aromatic heterocycles. The highest BCUT2D eigenvalue weighted by atomic mass is 35.5. The van der Waals surface area contributed by atoms with Gasteiger partial charge in [-0.25, -0.2) is 4.39 Å². The molecular formula is C8H9ClFN3. The molecule has 0 aliphatic heterocycles. The number of hydrogen-bond acceptors (Lipinski definition) is 2. The van der Waals surface area contributed by atoms with Gasteiger partial charge in [-0.1, -0.05) is 11.6 Å². The second-order valence-corrected chi connectivity index (χ2v) is 2.96. The molecule has 0 spiro atoms. The normalized spacial score (nSPS) is 10.1. The Morgan fingerprint density at radius 2 is 2.15 bits per heavy atom. The number of rotatable bonds is 2. The number of hydrogen-bond donors (Lipinski definition) is 3. The molecule has 0 fully saturated rings. The highest BCUT2D eigenvalue weighted by Crippen LogP contribution is 2.20. The minimum Gasteiger partial charge on any atom is -0.384 e. The summed E-state index contributed by atoms with van der Waals surface area (Å²) in [6.07, 6.45) is 0. The minimum atomic E-state index is -0.547. The van der Waals surface area contributed by atoms with Crippen molar-refractivity contribution in [3.8, 4) is 0 Å². The standard InChI is InChI=1S/C8H9ClFN3/c9-6-2-4(8(12)13)1-5(3-11)7(6)10/h1-2H,3,11H2,(H3,12,13). The molecule has 0 saturated heterocycles. The molecule has 0 saturated carbocycles. The second-order valence-electron chi connectivity index (χ2n) is 2.55. The first kappa shape index (κ1) is 9.95. The zero-order valence-electron chi connectivity index (χ0n) is 6.77. The van der Waals surface area contributed by atoms with Gasteiger partial charge in [-0.3, -0.25) is 5.41 Å². The van der Waals surface area contributed by atoms with Gasteiger partial charge < -0.3 is 11.5 Å². The molecule has 0 aliphatic carbocycles. The molecule has 1 rings (SSSR count). The van der Waals surface area contributed by atoms with E-state index < -0.39 is 5.82 Å². The van der Waals surface area contributed by atoms with Crippen LogP contribution in [0, 0.1) is 11.2 Å². The molecule has 0 aliphatic rings. The number of benzene rings is 1. The lowest BCUT2D eigenvalue weighted by Crippen LogP contribution is -2.13. The quantitative estimate of drug-likeness (QED) is 0.497. The average molecular weight is 202 g/mol. The van der Waals surface area contributed by atoms with Gasteiger partial charge in [0.05, 0.1) is 5.02 Å². The molecule has 1 aromatic rings. The third-order valence-corrected chi connectivity index (χ3v) is 1.91. The number of nitrogen functional groups attached to an aromatic ring is 1. The van der Waals surface area contributed by atoms with E-state index in [-0.39, 0.29) is 23.0 Å². The van der Waals surface area contributed by atoms with E-state index in [0.29, 0.717) is 5.56 Å². The van der Waals surface area contributed by atoms with Crippen LogP contribution in [-0.2, 0) is 6.54 Å². The van der Waals surface area contributed by atoms with Gasteiger partial charge in [-0.2, -0.15) is 0 Å². The predicted octanol–water partition coefficient (Wildman–Crippen LogP) is 1.22. The van der Waals surface area contributed by atoms with E-state index in [0.717, 1.165) is 0 Å². The van der Waals surface area contributed by atoms with Crippen molar-refractivity contribution < 1.29 is 4.39 Å². The van der Waals surface area contributed by atoms with Gasteiger partial charge in [0.25, 0.3) is 0 Å². The molecule has 1 aromatic carbocycles. The van der Waals surface area contributed by atoms with Crippen LogP contribution in [0.5, 0.6) is 0 Å². The molecule has 0 radical (unpaired) electrons. The molecule has 0 amide bonds. The minimum absolute atomic E-state index is 0.0344. The number of nitrogens with two attached hydrogens (primary N) is 2. The van der Waals surface area contributed by atoms with Crippen LogP contribution < -0.4 is 11.5 Å². The lowest BCUT2D eigenvalue weighted by Gasteiger charge is -2.05. The summed E-state index contributed by atoms with van der Waals surface area (Å²) in [7, 11) is 0. The van der Waals surface area contributed by atoms with E-state index in [1.807, 2.05) is 0 Å². The number of amidine groups is 1. The van der Waals surface area contributed by atoms with Crippen molar-refractivity contribution in [2.75, 3.05) is 0 Å². The maximum atomic E-state index is 13.1. The molecule has 70 valence electrons. The van der Waals surface area contributed by atoms with Crippen LogP contribution in [0.25, 0.3) is 0 Å². The Hall–Kier alpha value is -1.13. The summed E-state index contributed by atoms with van der Waals surface area (Å²) in [6.45, 7) is 0.0344. The lowest BCUT2D eigenvalue weighted by atomic mass is 10.1. The van der Waals surface area contributed by atoms with E-state index in [9.17, 15) is 4.39 Å². The smallest absolute Gasteiger partial charge is 0.146 e. The Labute approximate surface area is 80.0 Å². The predicted molar refractivity (Wildman–Crippen MR) is 50.3 cm³/mol. The molecule has 5 heteroatoms. The first-order valence-corrected chi connectivity index (χ1v) is 3.96. The summed E-state index contributed by atoms with van der Waals surface area (Å²) in [5.41, 5.74) is 11.1. The second kappa shape index (κ2) is 3.72. The lowest BCUT2D eigenvalue weighted by molar-refractivity contribution is 0.611. The Morgan fingerprint density at radius 3 is 2.62 bits per heavy atom. The molecule has 5 N–H and O–H groups in total. The first-order valence-electron chi connectivity index (χ1n) is 3.58. The van der Waals surface area contributed by atoms with Crippen LogP contribution in [-0.4, -0.2) is 5.84 Å². The fourth-order valence-electron chi connectivity index (χ4n) is 0.950. The molecule has 0 heterocycles. The van der Waals surface area contributed by atoms with Gasteiger partial charge in [0, 0.05) is 17.7 Å². The van der Waals surface area contributed by atoms with E-state index in [1.165, 1.54) is 12.1 Å². The van der Waals surface area contributed by atoms with Gasteiger partial charge >= 0.3 is 0 Å². The largest absolute Gasteiger partial charge is 0.384 e. The molecule has 0 bridgehead atoms. The third kappa shape index (κ3) is 1.96. The van der Waals surface area contributed by atoms with Crippen molar-refractivity contribution in [3.63, 3.8) is 0 Å². The summed E-state index contributed by atoms with van der Waals surface area (Å²) in [5.74, 6) is -0.703. The number of nitrogens with one attached hydrogen (secondary N) is 1. The fourth-order valence-corrected chi connectivity index (χ4v) is 1.19. The van der Waals surface area contributed by atoms with Crippen molar-refractivity contribution in [1.29, 1.82) is 5.41 Å². The summed E-state index contributed by atoms with van der Waals surface area (Å²) >= 11 is 5.56. The van der Waals surface area contributed by atoms with Crippen molar-refractivity contribution >= 4 is 17.4 Å². The molecule has 0 atom stereocenters. The maximum Gasteiger partial charge on any atom is 0.146 e. The zero-order chi connectivity index (χ0) is 10.0. The first-order chi connectivity index (χ1) is 6.06. The van der Waals surface area contributed by atoms with Crippen molar-refractivity contribution in [1.82, 2.24) is 0 Å². The Bertz CT molecular complexity index is 351. The Balaban J connectivity index is 3.30. The van der Waals surface area contributed by atoms with Gasteiger partial charge in [0.2, 0.25) is 0 Å². The average Bonchev–Trinajstić information content (AvgIpc) is 2.09. The van der Waals surface area contributed by atoms with Gasteiger partial charge in [-0.05, 0) is 12.1 Å². The van der Waals surface area contributed by atoms with Gasteiger partial charge in [0.15, 0.2) is 0 Å². The molecule has 3 nitrogen and oxygen atoms in total. The third-order valence-electron chi connectivity index (χ3n) is 1.63. The molecule has 13 heavy (non-hydrogen) atoms. The monoisotopic (exact) mass is 201 g/mol. The molecule has 0 unspecified atom stereocenters.